The minimum Gasteiger partial charge on any atom is -0.487 e. The Morgan fingerprint density at radius 1 is 1.35 bits per heavy atom. The van der Waals surface area contributed by atoms with E-state index in [1.54, 1.807) is 11.8 Å². The Morgan fingerprint density at radius 2 is 2.12 bits per heavy atom. The number of ether oxygens (including phenoxy) is 1. The van der Waals surface area contributed by atoms with Crippen molar-refractivity contribution in [3.05, 3.63) is 71.8 Å². The molecule has 26 heavy (non-hydrogen) atoms. The van der Waals surface area contributed by atoms with Gasteiger partial charge in [-0.15, -0.1) is 18.3 Å². The van der Waals surface area contributed by atoms with Gasteiger partial charge in [-0.1, -0.05) is 30.3 Å². The van der Waals surface area contributed by atoms with E-state index in [2.05, 4.69) is 37.9 Å². The van der Waals surface area contributed by atoms with Crippen molar-refractivity contribution in [1.29, 1.82) is 0 Å². The first-order valence-corrected chi connectivity index (χ1v) is 9.81. The summed E-state index contributed by atoms with van der Waals surface area (Å²) in [5.41, 5.74) is 2.57. The Bertz CT molecular complexity index is 829. The average Bonchev–Trinajstić information content (AvgIpc) is 2.58. The molecule has 1 N–H and O–H groups in total. The zero-order valence-corrected chi connectivity index (χ0v) is 16.4. The first-order chi connectivity index (χ1) is 12.4. The van der Waals surface area contributed by atoms with E-state index in [9.17, 15) is 4.79 Å². The molecule has 1 aliphatic rings. The molecule has 0 bridgehead atoms. The van der Waals surface area contributed by atoms with Crippen LogP contribution in [0.2, 0.25) is 0 Å². The monoisotopic (exact) mass is 367 g/mol. The number of fused-ring (bicyclic) bond motifs is 1. The van der Waals surface area contributed by atoms with Crippen LogP contribution in [0.3, 0.4) is 0 Å². The lowest BCUT2D eigenvalue weighted by atomic mass is 9.89. The normalized spacial score (nSPS) is 17.7. The van der Waals surface area contributed by atoms with Crippen molar-refractivity contribution >= 4 is 17.7 Å². The second-order valence-corrected chi connectivity index (χ2v) is 8.29. The third kappa shape index (κ3) is 4.13. The Labute approximate surface area is 159 Å². The molecule has 4 heteroatoms. The van der Waals surface area contributed by atoms with Gasteiger partial charge in [0.25, 0.3) is 5.91 Å². The number of nitrogens with one attached hydrogen (secondary N) is 1. The van der Waals surface area contributed by atoms with E-state index in [1.165, 1.54) is 0 Å². The predicted molar refractivity (Wildman–Crippen MR) is 108 cm³/mol. The summed E-state index contributed by atoms with van der Waals surface area (Å²) in [6, 6.07) is 13.8. The van der Waals surface area contributed by atoms with Gasteiger partial charge in [-0.25, -0.2) is 0 Å². The Hall–Kier alpha value is -2.20. The molecule has 0 radical (unpaired) electrons. The smallest absolute Gasteiger partial charge is 0.252 e. The van der Waals surface area contributed by atoms with Crippen LogP contribution in [-0.4, -0.2) is 17.3 Å². The molecule has 0 spiro atoms. The second kappa shape index (κ2) is 7.58. The van der Waals surface area contributed by atoms with Gasteiger partial charge in [0, 0.05) is 22.6 Å². The van der Waals surface area contributed by atoms with Crippen molar-refractivity contribution in [3.63, 3.8) is 0 Å². The van der Waals surface area contributed by atoms with Crippen LogP contribution in [0, 0.1) is 6.92 Å². The maximum Gasteiger partial charge on any atom is 0.252 e. The summed E-state index contributed by atoms with van der Waals surface area (Å²) in [4.78, 5) is 14.0. The van der Waals surface area contributed by atoms with Crippen molar-refractivity contribution in [2.75, 3.05) is 5.75 Å². The molecule has 136 valence electrons. The number of carbonyl (C=O) groups excluding carboxylic acids is 1. The highest BCUT2D eigenvalue weighted by molar-refractivity contribution is 7.99. The first kappa shape index (κ1) is 18.6. The summed E-state index contributed by atoms with van der Waals surface area (Å²) >= 11 is 1.62. The quantitative estimate of drug-likeness (QED) is 0.575. The molecule has 2 aromatic carbocycles. The highest BCUT2D eigenvalue weighted by atomic mass is 32.2. The molecule has 0 saturated heterocycles. The lowest BCUT2D eigenvalue weighted by Crippen LogP contribution is -2.41. The zero-order chi connectivity index (χ0) is 18.7. The highest BCUT2D eigenvalue weighted by Crippen LogP contribution is 2.40. The summed E-state index contributed by atoms with van der Waals surface area (Å²) in [5, 5.41) is 3.23. The van der Waals surface area contributed by atoms with Crippen LogP contribution in [0.15, 0.2) is 60.0 Å². The number of carbonyl (C=O) groups is 1. The van der Waals surface area contributed by atoms with Crippen LogP contribution < -0.4 is 10.1 Å². The van der Waals surface area contributed by atoms with Crippen molar-refractivity contribution < 1.29 is 9.53 Å². The SMILES string of the molecule is C=CCSc1ccccc1C(=O)N[C@H]1CC(C)(C)Oc2cc(C)ccc21. The van der Waals surface area contributed by atoms with Gasteiger partial charge in [-0.05, 0) is 44.5 Å². The summed E-state index contributed by atoms with van der Waals surface area (Å²) < 4.78 is 6.13. The van der Waals surface area contributed by atoms with E-state index in [0.717, 1.165) is 33.9 Å². The number of hydrogen-bond acceptors (Lipinski definition) is 3. The third-order valence-electron chi connectivity index (χ3n) is 4.42. The van der Waals surface area contributed by atoms with Gasteiger partial charge in [0.1, 0.15) is 11.4 Å². The van der Waals surface area contributed by atoms with E-state index < -0.39 is 0 Å². The number of hydrogen-bond donors (Lipinski definition) is 1. The molecule has 1 amide bonds. The number of amides is 1. The maximum atomic E-state index is 13.0. The van der Waals surface area contributed by atoms with E-state index in [-0.39, 0.29) is 17.6 Å². The average molecular weight is 368 g/mol. The molecule has 0 saturated carbocycles. The lowest BCUT2D eigenvalue weighted by molar-refractivity contribution is 0.0618. The van der Waals surface area contributed by atoms with E-state index in [1.807, 2.05) is 43.3 Å². The topological polar surface area (TPSA) is 38.3 Å². The van der Waals surface area contributed by atoms with Crippen molar-refractivity contribution in [3.8, 4) is 5.75 Å². The maximum absolute atomic E-state index is 13.0. The molecule has 1 aliphatic heterocycles. The van der Waals surface area contributed by atoms with Crippen LogP contribution in [-0.2, 0) is 0 Å². The molecule has 0 aliphatic carbocycles. The lowest BCUT2D eigenvalue weighted by Gasteiger charge is -2.38. The van der Waals surface area contributed by atoms with Gasteiger partial charge < -0.3 is 10.1 Å². The summed E-state index contributed by atoms with van der Waals surface area (Å²) in [6.45, 7) is 9.93. The van der Waals surface area contributed by atoms with E-state index in [4.69, 9.17) is 4.74 Å². The van der Waals surface area contributed by atoms with Crippen LogP contribution in [0.5, 0.6) is 5.75 Å². The fourth-order valence-corrected chi connectivity index (χ4v) is 4.04. The van der Waals surface area contributed by atoms with Crippen LogP contribution >= 0.6 is 11.8 Å². The molecule has 0 unspecified atom stereocenters. The molecule has 3 rings (SSSR count). The van der Waals surface area contributed by atoms with Crippen molar-refractivity contribution in [1.82, 2.24) is 5.32 Å². The van der Waals surface area contributed by atoms with Gasteiger partial charge in [0.2, 0.25) is 0 Å². The predicted octanol–water partition coefficient (Wildman–Crippen LogP) is 5.31. The molecule has 3 nitrogen and oxygen atoms in total. The third-order valence-corrected chi connectivity index (χ3v) is 5.49. The Kier molecular flexibility index (Phi) is 5.42. The Morgan fingerprint density at radius 3 is 2.88 bits per heavy atom. The van der Waals surface area contributed by atoms with Gasteiger partial charge in [-0.3, -0.25) is 4.79 Å². The largest absolute Gasteiger partial charge is 0.487 e. The number of thioether (sulfide) groups is 1. The molecule has 1 atom stereocenters. The fourth-order valence-electron chi connectivity index (χ4n) is 3.25. The molecule has 2 aromatic rings. The first-order valence-electron chi connectivity index (χ1n) is 8.83. The van der Waals surface area contributed by atoms with Crippen molar-refractivity contribution in [2.45, 2.75) is 43.7 Å². The fraction of sp³-hybridized carbons (Fsp3) is 0.318. The number of aryl methyl sites for hydroxylation is 1. The van der Waals surface area contributed by atoms with Gasteiger partial charge in [0.15, 0.2) is 0 Å². The van der Waals surface area contributed by atoms with E-state index in [0.29, 0.717) is 5.56 Å². The van der Waals surface area contributed by atoms with Crippen LogP contribution in [0.25, 0.3) is 0 Å². The highest BCUT2D eigenvalue weighted by Gasteiger charge is 2.34. The molecular weight excluding hydrogens is 342 g/mol. The minimum absolute atomic E-state index is 0.0496. The van der Waals surface area contributed by atoms with Gasteiger partial charge in [0.05, 0.1) is 11.6 Å². The summed E-state index contributed by atoms with van der Waals surface area (Å²) in [5.74, 6) is 1.59. The second-order valence-electron chi connectivity index (χ2n) is 7.23. The standard InChI is InChI=1S/C22H25NO2S/c1-5-12-26-20-9-7-6-8-17(20)21(24)23-18-14-22(3,4)25-19-13-15(2)10-11-16(18)19/h5-11,13,18H,1,12,14H2,2-4H3,(H,23,24)/t18-/m0/s1. The summed E-state index contributed by atoms with van der Waals surface area (Å²) in [6.07, 6.45) is 2.58. The zero-order valence-electron chi connectivity index (χ0n) is 15.5. The van der Waals surface area contributed by atoms with Crippen LogP contribution in [0.1, 0.15) is 47.8 Å². The minimum atomic E-state index is -0.324. The van der Waals surface area contributed by atoms with Crippen molar-refractivity contribution in [2.24, 2.45) is 0 Å². The number of benzene rings is 2. The Balaban J connectivity index is 1.87. The molecule has 1 heterocycles. The molecule has 0 fully saturated rings. The van der Waals surface area contributed by atoms with Crippen LogP contribution in [0.4, 0.5) is 0 Å². The summed E-state index contributed by atoms with van der Waals surface area (Å²) in [7, 11) is 0. The van der Waals surface area contributed by atoms with Gasteiger partial charge in [-0.2, -0.15) is 0 Å². The van der Waals surface area contributed by atoms with E-state index >= 15 is 0 Å². The molecular formula is C22H25NO2S. The molecule has 0 aromatic heterocycles. The number of rotatable bonds is 5. The van der Waals surface area contributed by atoms with Gasteiger partial charge >= 0.3 is 0 Å².